The first-order chi connectivity index (χ1) is 16.8. The summed E-state index contributed by atoms with van der Waals surface area (Å²) < 4.78 is 11.3. The predicted octanol–water partition coefficient (Wildman–Crippen LogP) is 4.91. The average molecular weight is 482 g/mol. The summed E-state index contributed by atoms with van der Waals surface area (Å²) >= 11 is 0. The molecule has 8 nitrogen and oxygen atoms in total. The number of carbonyl (C=O) groups excluding carboxylic acids is 3. The van der Waals surface area contributed by atoms with E-state index >= 15 is 0 Å². The standard InChI is InChI=1S/C27H35N3O5/c1-15(2)34-26(32)29-23-20(17-11-7-5-6-8-12-17)24(30(29)27(33)35-16(3)4)22-21(23)18-13-9-10-14-19(18)25(31)28-22/h9-10,13-16,21-24H,5-8,11-12H2,1-4H3,(H,28,31)/t21-,22+,23-,24+/m0/s1. The van der Waals surface area contributed by atoms with Gasteiger partial charge in [-0.05, 0) is 70.6 Å². The Morgan fingerprint density at radius 2 is 1.46 bits per heavy atom. The lowest BCUT2D eigenvalue weighted by atomic mass is 9.82. The molecule has 2 aliphatic carbocycles. The molecule has 0 unspecified atom stereocenters. The molecule has 1 aromatic rings. The second-order valence-corrected chi connectivity index (χ2v) is 10.5. The van der Waals surface area contributed by atoms with Gasteiger partial charge in [0.2, 0.25) is 0 Å². The zero-order valence-corrected chi connectivity index (χ0v) is 21.0. The Labute approximate surface area is 206 Å². The number of amides is 3. The van der Waals surface area contributed by atoms with E-state index in [4.69, 9.17) is 9.47 Å². The second-order valence-electron chi connectivity index (χ2n) is 10.5. The van der Waals surface area contributed by atoms with Crippen molar-refractivity contribution in [2.75, 3.05) is 0 Å². The van der Waals surface area contributed by atoms with E-state index in [9.17, 15) is 14.4 Å². The van der Waals surface area contributed by atoms with Crippen molar-refractivity contribution in [2.24, 2.45) is 0 Å². The van der Waals surface area contributed by atoms with Crippen LogP contribution in [0.2, 0.25) is 0 Å². The molecule has 0 aromatic heterocycles. The minimum atomic E-state index is -0.591. The number of nitrogens with zero attached hydrogens (tertiary/aromatic N) is 2. The zero-order valence-electron chi connectivity index (χ0n) is 21.0. The molecule has 3 amide bonds. The maximum absolute atomic E-state index is 13.5. The predicted molar refractivity (Wildman–Crippen MR) is 130 cm³/mol. The fourth-order valence-electron chi connectivity index (χ4n) is 6.32. The van der Waals surface area contributed by atoms with E-state index in [1.54, 1.807) is 27.7 Å². The van der Waals surface area contributed by atoms with Gasteiger partial charge in [0.25, 0.3) is 5.91 Å². The molecule has 4 aliphatic rings. The molecule has 3 fully saturated rings. The van der Waals surface area contributed by atoms with Crippen LogP contribution < -0.4 is 5.32 Å². The molecule has 2 heterocycles. The summed E-state index contributed by atoms with van der Waals surface area (Å²) in [4.78, 5) is 40.1. The van der Waals surface area contributed by atoms with E-state index in [0.29, 0.717) is 5.56 Å². The molecule has 1 aromatic carbocycles. The monoisotopic (exact) mass is 481 g/mol. The van der Waals surface area contributed by atoms with E-state index in [-0.39, 0.29) is 30.1 Å². The van der Waals surface area contributed by atoms with Gasteiger partial charge in [-0.3, -0.25) is 4.79 Å². The van der Waals surface area contributed by atoms with Gasteiger partial charge in [0.05, 0.1) is 24.3 Å². The van der Waals surface area contributed by atoms with Crippen molar-refractivity contribution in [2.45, 2.75) is 102 Å². The molecular formula is C27H35N3O5. The molecule has 2 bridgehead atoms. The molecule has 35 heavy (non-hydrogen) atoms. The van der Waals surface area contributed by atoms with Gasteiger partial charge in [0.15, 0.2) is 0 Å². The van der Waals surface area contributed by atoms with Crippen LogP contribution in [0.3, 0.4) is 0 Å². The number of hydrogen-bond donors (Lipinski definition) is 1. The van der Waals surface area contributed by atoms with Gasteiger partial charge in [-0.2, -0.15) is 0 Å². The molecule has 1 N–H and O–H groups in total. The van der Waals surface area contributed by atoms with Crippen molar-refractivity contribution < 1.29 is 23.9 Å². The molecule has 0 radical (unpaired) electrons. The molecule has 5 rings (SSSR count). The normalized spacial score (nSPS) is 27.5. The lowest BCUT2D eigenvalue weighted by molar-refractivity contribution is -0.0643. The van der Waals surface area contributed by atoms with Gasteiger partial charge in [-0.15, -0.1) is 0 Å². The molecule has 1 saturated heterocycles. The van der Waals surface area contributed by atoms with Crippen molar-refractivity contribution in [3.8, 4) is 0 Å². The Hall–Kier alpha value is -3.03. The number of nitrogens with one attached hydrogen (secondary N) is 1. The Morgan fingerprint density at radius 1 is 0.886 bits per heavy atom. The van der Waals surface area contributed by atoms with Gasteiger partial charge in [0, 0.05) is 11.5 Å². The molecule has 2 aliphatic heterocycles. The maximum atomic E-state index is 13.5. The summed E-state index contributed by atoms with van der Waals surface area (Å²) in [6, 6.07) is 6.36. The molecule has 8 heteroatoms. The van der Waals surface area contributed by atoms with Crippen LogP contribution in [-0.4, -0.2) is 58.4 Å². The van der Waals surface area contributed by atoms with E-state index in [2.05, 4.69) is 5.32 Å². The van der Waals surface area contributed by atoms with E-state index in [0.717, 1.165) is 36.8 Å². The maximum Gasteiger partial charge on any atom is 0.429 e. The first-order valence-corrected chi connectivity index (χ1v) is 12.9. The van der Waals surface area contributed by atoms with E-state index in [1.807, 2.05) is 24.3 Å². The van der Waals surface area contributed by atoms with Crippen molar-refractivity contribution in [1.29, 1.82) is 0 Å². The Bertz CT molecular complexity index is 1050. The quantitative estimate of drug-likeness (QED) is 0.479. The summed E-state index contributed by atoms with van der Waals surface area (Å²) in [7, 11) is 0. The first-order valence-electron chi connectivity index (χ1n) is 12.9. The Kier molecular flexibility index (Phi) is 6.23. The average Bonchev–Trinajstić information content (AvgIpc) is 3.15. The van der Waals surface area contributed by atoms with Crippen molar-refractivity contribution in [3.05, 3.63) is 46.5 Å². The van der Waals surface area contributed by atoms with Crippen LogP contribution in [0.15, 0.2) is 35.4 Å². The molecule has 4 atom stereocenters. The highest BCUT2D eigenvalue weighted by Crippen LogP contribution is 2.54. The van der Waals surface area contributed by atoms with Gasteiger partial charge >= 0.3 is 12.2 Å². The van der Waals surface area contributed by atoms with Crippen LogP contribution in [0.5, 0.6) is 0 Å². The summed E-state index contributed by atoms with van der Waals surface area (Å²) in [5.41, 5.74) is 3.93. The minimum absolute atomic E-state index is 0.145. The first kappa shape index (κ1) is 23.7. The van der Waals surface area contributed by atoms with Gasteiger partial charge < -0.3 is 14.8 Å². The molecule has 0 spiro atoms. The second kappa shape index (κ2) is 9.21. The minimum Gasteiger partial charge on any atom is -0.445 e. The molecular weight excluding hydrogens is 446 g/mol. The van der Waals surface area contributed by atoms with Crippen LogP contribution in [0.4, 0.5) is 9.59 Å². The van der Waals surface area contributed by atoms with E-state index in [1.165, 1.54) is 28.4 Å². The number of allylic oxidation sites excluding steroid dienone is 1. The highest BCUT2D eigenvalue weighted by molar-refractivity contribution is 5.98. The molecule has 2 saturated carbocycles. The Balaban J connectivity index is 1.69. The summed E-state index contributed by atoms with van der Waals surface area (Å²) in [6.45, 7) is 7.17. The van der Waals surface area contributed by atoms with Crippen LogP contribution in [0, 0.1) is 0 Å². The summed E-state index contributed by atoms with van der Waals surface area (Å²) in [5, 5.41) is 6.10. The third-order valence-corrected chi connectivity index (χ3v) is 7.49. The van der Waals surface area contributed by atoms with Gasteiger partial charge in [-0.25, -0.2) is 19.6 Å². The van der Waals surface area contributed by atoms with Gasteiger partial charge in [-0.1, -0.05) is 36.6 Å². The fraction of sp³-hybridized carbons (Fsp3) is 0.593. The zero-order chi connectivity index (χ0) is 24.9. The lowest BCUT2D eigenvalue weighted by Gasteiger charge is -2.46. The van der Waals surface area contributed by atoms with Crippen LogP contribution in [-0.2, 0) is 9.47 Å². The highest BCUT2D eigenvalue weighted by atomic mass is 16.6. The number of ether oxygens (including phenoxy) is 2. The summed E-state index contributed by atoms with van der Waals surface area (Å²) in [6.07, 6.45) is 4.57. The van der Waals surface area contributed by atoms with Crippen LogP contribution >= 0.6 is 0 Å². The van der Waals surface area contributed by atoms with Gasteiger partial charge in [0.1, 0.15) is 6.04 Å². The number of carbonyl (C=O) groups is 3. The number of rotatable bonds is 2. The number of hydrazine groups is 1. The van der Waals surface area contributed by atoms with Crippen LogP contribution in [0.1, 0.15) is 88.1 Å². The summed E-state index contributed by atoms with van der Waals surface area (Å²) in [5.74, 6) is -0.310. The van der Waals surface area contributed by atoms with Crippen molar-refractivity contribution >= 4 is 18.1 Å². The number of hydrogen-bond acceptors (Lipinski definition) is 5. The van der Waals surface area contributed by atoms with Crippen molar-refractivity contribution in [3.63, 3.8) is 0 Å². The number of fused-ring (bicyclic) bond motifs is 7. The van der Waals surface area contributed by atoms with E-state index < -0.39 is 24.3 Å². The van der Waals surface area contributed by atoms with Crippen molar-refractivity contribution in [1.82, 2.24) is 15.3 Å². The number of benzene rings is 1. The smallest absolute Gasteiger partial charge is 0.429 e. The SMILES string of the molecule is CC(C)OC(=O)N1[C@@H]2C(=C3CCCCCC3)[C@@H]([C@H]3c4ccccc4C(=O)N[C@H]32)N1C(=O)OC(C)C. The third kappa shape index (κ3) is 3.96. The highest BCUT2D eigenvalue weighted by Gasteiger charge is 2.66. The fourth-order valence-corrected chi connectivity index (χ4v) is 6.32. The lowest BCUT2D eigenvalue weighted by Crippen LogP contribution is -2.65. The topological polar surface area (TPSA) is 88.2 Å². The van der Waals surface area contributed by atoms with Crippen LogP contribution in [0.25, 0.3) is 0 Å². The Morgan fingerprint density at radius 3 is 2.06 bits per heavy atom. The molecule has 188 valence electrons. The largest absolute Gasteiger partial charge is 0.445 e. The third-order valence-electron chi connectivity index (χ3n) is 7.49.